The number of rotatable bonds is 5. The second-order valence-corrected chi connectivity index (χ2v) is 4.70. The van der Waals surface area contributed by atoms with E-state index in [4.69, 9.17) is 5.11 Å². The van der Waals surface area contributed by atoms with Crippen molar-refractivity contribution in [1.82, 2.24) is 20.3 Å². The van der Waals surface area contributed by atoms with Crippen LogP contribution in [0.4, 0.5) is 0 Å². The largest absolute Gasteiger partial charge is 0.480 e. The van der Waals surface area contributed by atoms with Gasteiger partial charge in [0.1, 0.15) is 6.54 Å². The minimum absolute atomic E-state index is 0.106. The highest BCUT2D eigenvalue weighted by Gasteiger charge is 2.12. The van der Waals surface area contributed by atoms with Crippen molar-refractivity contribution >= 4 is 23.2 Å². The fourth-order valence-electron chi connectivity index (χ4n) is 1.45. The minimum Gasteiger partial charge on any atom is -0.480 e. The highest BCUT2D eigenvalue weighted by molar-refractivity contribution is 7.08. The van der Waals surface area contributed by atoms with E-state index >= 15 is 0 Å². The predicted octanol–water partition coefficient (Wildman–Crippen LogP) is 0.663. The van der Waals surface area contributed by atoms with Gasteiger partial charge in [0.15, 0.2) is 5.69 Å². The van der Waals surface area contributed by atoms with E-state index in [1.54, 1.807) is 11.3 Å². The molecule has 100 valence electrons. The fraction of sp³-hybridized carbons (Fsp3) is 0.273. The summed E-state index contributed by atoms with van der Waals surface area (Å²) in [5, 5.41) is 22.5. The lowest BCUT2D eigenvalue weighted by atomic mass is 10.2. The van der Waals surface area contributed by atoms with Crippen LogP contribution >= 0.6 is 11.3 Å². The van der Waals surface area contributed by atoms with Crippen molar-refractivity contribution in [3.63, 3.8) is 0 Å². The molecule has 2 aromatic heterocycles. The standard InChI is InChI=1S/C11H12N4O3S/c1-7-5-19-6-8(7)2-12-11(18)9-3-15(14-13-9)4-10(16)17/h3,5-6H,2,4H2,1H3,(H,12,18)(H,16,17). The van der Waals surface area contributed by atoms with E-state index in [1.165, 1.54) is 6.20 Å². The first kappa shape index (κ1) is 13.2. The molecular formula is C11H12N4O3S. The molecule has 8 heteroatoms. The fourth-order valence-corrected chi connectivity index (χ4v) is 2.31. The highest BCUT2D eigenvalue weighted by Crippen LogP contribution is 2.13. The maximum absolute atomic E-state index is 11.8. The number of carboxylic acids is 1. The van der Waals surface area contributed by atoms with Gasteiger partial charge in [-0.1, -0.05) is 5.21 Å². The van der Waals surface area contributed by atoms with Crippen molar-refractivity contribution in [1.29, 1.82) is 0 Å². The number of thiophene rings is 1. The number of carbonyl (C=O) groups is 2. The molecule has 1 amide bonds. The summed E-state index contributed by atoms with van der Waals surface area (Å²) in [6.45, 7) is 2.07. The van der Waals surface area contributed by atoms with Gasteiger partial charge >= 0.3 is 5.97 Å². The average Bonchev–Trinajstić information content (AvgIpc) is 2.95. The lowest BCUT2D eigenvalue weighted by Crippen LogP contribution is -2.23. The van der Waals surface area contributed by atoms with Gasteiger partial charge in [0.2, 0.25) is 0 Å². The number of carboxylic acid groups (broad SMARTS) is 1. The number of amides is 1. The summed E-state index contributed by atoms with van der Waals surface area (Å²) in [5.74, 6) is -1.41. The third kappa shape index (κ3) is 3.38. The number of aliphatic carboxylic acids is 1. The summed E-state index contributed by atoms with van der Waals surface area (Å²) >= 11 is 1.58. The number of carbonyl (C=O) groups excluding carboxylic acids is 1. The van der Waals surface area contributed by atoms with Crippen LogP contribution in [-0.2, 0) is 17.9 Å². The summed E-state index contributed by atoms with van der Waals surface area (Å²) < 4.78 is 1.10. The Labute approximate surface area is 112 Å². The number of hydrogen-bond acceptors (Lipinski definition) is 5. The molecule has 0 atom stereocenters. The first-order valence-electron chi connectivity index (χ1n) is 5.48. The molecule has 0 aliphatic rings. The van der Waals surface area contributed by atoms with Gasteiger partial charge in [-0.3, -0.25) is 9.59 Å². The molecule has 19 heavy (non-hydrogen) atoms. The minimum atomic E-state index is -1.04. The normalized spacial score (nSPS) is 10.4. The van der Waals surface area contributed by atoms with Crippen LogP contribution in [0.15, 0.2) is 17.0 Å². The topological polar surface area (TPSA) is 97.1 Å². The molecule has 0 fully saturated rings. The molecule has 0 saturated carbocycles. The Morgan fingerprint density at radius 1 is 1.47 bits per heavy atom. The lowest BCUT2D eigenvalue weighted by molar-refractivity contribution is -0.137. The quantitative estimate of drug-likeness (QED) is 0.838. The van der Waals surface area contributed by atoms with Crippen LogP contribution in [0.3, 0.4) is 0 Å². The van der Waals surface area contributed by atoms with Crippen LogP contribution in [0.25, 0.3) is 0 Å². The molecule has 0 saturated heterocycles. The summed E-state index contributed by atoms with van der Waals surface area (Å²) in [4.78, 5) is 22.3. The van der Waals surface area contributed by atoms with Gasteiger partial charge in [-0.05, 0) is 28.8 Å². The molecule has 0 radical (unpaired) electrons. The third-order valence-corrected chi connectivity index (χ3v) is 3.38. The number of aryl methyl sites for hydroxylation is 1. The molecule has 0 aliphatic heterocycles. The molecule has 0 bridgehead atoms. The van der Waals surface area contributed by atoms with Gasteiger partial charge in [0.05, 0.1) is 6.20 Å². The van der Waals surface area contributed by atoms with E-state index in [9.17, 15) is 9.59 Å². The first-order valence-corrected chi connectivity index (χ1v) is 6.42. The Morgan fingerprint density at radius 2 is 2.26 bits per heavy atom. The molecule has 0 spiro atoms. The van der Waals surface area contributed by atoms with Crippen molar-refractivity contribution in [2.24, 2.45) is 0 Å². The van der Waals surface area contributed by atoms with E-state index in [0.29, 0.717) is 6.54 Å². The number of nitrogens with zero attached hydrogens (tertiary/aromatic N) is 3. The number of hydrogen-bond donors (Lipinski definition) is 2. The van der Waals surface area contributed by atoms with Crippen molar-refractivity contribution in [2.75, 3.05) is 0 Å². The van der Waals surface area contributed by atoms with E-state index in [0.717, 1.165) is 15.8 Å². The van der Waals surface area contributed by atoms with Gasteiger partial charge in [0.25, 0.3) is 5.91 Å². The van der Waals surface area contributed by atoms with E-state index in [2.05, 4.69) is 15.6 Å². The second-order valence-electron chi connectivity index (χ2n) is 3.96. The first-order chi connectivity index (χ1) is 9.06. The Bertz CT molecular complexity index is 605. The SMILES string of the molecule is Cc1cscc1CNC(=O)c1cn(CC(=O)O)nn1. The Balaban J connectivity index is 1.94. The van der Waals surface area contributed by atoms with E-state index < -0.39 is 5.97 Å². The molecule has 2 rings (SSSR count). The van der Waals surface area contributed by atoms with E-state index in [1.807, 2.05) is 17.7 Å². The second kappa shape index (κ2) is 5.61. The van der Waals surface area contributed by atoms with Crippen molar-refractivity contribution in [3.8, 4) is 0 Å². The summed E-state index contributed by atoms with van der Waals surface area (Å²) in [7, 11) is 0. The van der Waals surface area contributed by atoms with Crippen LogP contribution in [-0.4, -0.2) is 32.0 Å². The van der Waals surface area contributed by atoms with Gasteiger partial charge in [-0.2, -0.15) is 11.3 Å². The molecule has 0 aromatic carbocycles. The van der Waals surface area contributed by atoms with Crippen LogP contribution in [0.2, 0.25) is 0 Å². The van der Waals surface area contributed by atoms with Crippen molar-refractivity contribution in [2.45, 2.75) is 20.0 Å². The summed E-state index contributed by atoms with van der Waals surface area (Å²) in [6.07, 6.45) is 1.31. The number of aromatic nitrogens is 3. The maximum Gasteiger partial charge on any atom is 0.325 e. The van der Waals surface area contributed by atoms with Gasteiger partial charge in [-0.25, -0.2) is 4.68 Å². The monoisotopic (exact) mass is 280 g/mol. The molecule has 2 heterocycles. The summed E-state index contributed by atoms with van der Waals surface area (Å²) in [6, 6.07) is 0. The Morgan fingerprint density at radius 3 is 2.89 bits per heavy atom. The molecule has 0 aliphatic carbocycles. The Hall–Kier alpha value is -2.22. The Kier molecular flexibility index (Phi) is 3.91. The number of nitrogens with one attached hydrogen (secondary N) is 1. The van der Waals surface area contributed by atoms with Crippen LogP contribution in [0.1, 0.15) is 21.6 Å². The van der Waals surface area contributed by atoms with Gasteiger partial charge in [0, 0.05) is 6.54 Å². The zero-order valence-electron chi connectivity index (χ0n) is 10.2. The third-order valence-electron chi connectivity index (χ3n) is 2.47. The van der Waals surface area contributed by atoms with E-state index in [-0.39, 0.29) is 18.1 Å². The zero-order valence-corrected chi connectivity index (χ0v) is 11.0. The molecule has 2 N–H and O–H groups in total. The molecule has 7 nitrogen and oxygen atoms in total. The van der Waals surface area contributed by atoms with Crippen LogP contribution in [0.5, 0.6) is 0 Å². The predicted molar refractivity (Wildman–Crippen MR) is 67.9 cm³/mol. The molecule has 2 aromatic rings. The van der Waals surface area contributed by atoms with Crippen LogP contribution < -0.4 is 5.32 Å². The van der Waals surface area contributed by atoms with Crippen molar-refractivity contribution < 1.29 is 14.7 Å². The molecule has 0 unspecified atom stereocenters. The smallest absolute Gasteiger partial charge is 0.325 e. The lowest BCUT2D eigenvalue weighted by Gasteiger charge is -2.01. The highest BCUT2D eigenvalue weighted by atomic mass is 32.1. The average molecular weight is 280 g/mol. The molecular weight excluding hydrogens is 268 g/mol. The van der Waals surface area contributed by atoms with Crippen LogP contribution in [0, 0.1) is 6.92 Å². The maximum atomic E-state index is 11.8. The van der Waals surface area contributed by atoms with Gasteiger partial charge in [-0.15, -0.1) is 5.10 Å². The van der Waals surface area contributed by atoms with Crippen molar-refractivity contribution in [3.05, 3.63) is 33.8 Å². The summed E-state index contributed by atoms with van der Waals surface area (Å²) in [5.41, 5.74) is 2.28. The van der Waals surface area contributed by atoms with Gasteiger partial charge < -0.3 is 10.4 Å². The zero-order chi connectivity index (χ0) is 13.8.